The molecule has 6 heteroatoms. The van der Waals surface area contributed by atoms with Crippen LogP contribution in [0.2, 0.25) is 0 Å². The van der Waals surface area contributed by atoms with Gasteiger partial charge in [0.15, 0.2) is 0 Å². The Kier molecular flexibility index (Phi) is 6.45. The molecule has 1 heterocycles. The number of halogens is 2. The van der Waals surface area contributed by atoms with Crippen LogP contribution in [0.5, 0.6) is 0 Å². The molecule has 0 saturated carbocycles. The number of carbonyl (C=O) groups excluding carboxylic acids is 2. The van der Waals surface area contributed by atoms with Crippen molar-refractivity contribution in [2.45, 2.75) is 38.8 Å². The third kappa shape index (κ3) is 4.68. The summed E-state index contributed by atoms with van der Waals surface area (Å²) in [6.45, 7) is 6.43. The van der Waals surface area contributed by atoms with Gasteiger partial charge in [0.25, 0.3) is 11.7 Å². The molecular weight excluding hydrogens is 497 g/mol. The van der Waals surface area contributed by atoms with Gasteiger partial charge in [-0.15, -0.1) is 0 Å². The van der Waals surface area contributed by atoms with E-state index in [1.54, 1.807) is 36.4 Å². The van der Waals surface area contributed by atoms with Gasteiger partial charge in [-0.05, 0) is 46.4 Å². The second-order valence-corrected chi connectivity index (χ2v) is 10.3. The van der Waals surface area contributed by atoms with Crippen LogP contribution in [0.1, 0.15) is 49.1 Å². The molecule has 0 aliphatic carbocycles. The van der Waals surface area contributed by atoms with Crippen LogP contribution in [-0.2, 0) is 21.5 Å². The van der Waals surface area contributed by atoms with Crippen LogP contribution in [0.4, 0.5) is 4.39 Å². The van der Waals surface area contributed by atoms with Crippen LogP contribution in [0.3, 0.4) is 0 Å². The van der Waals surface area contributed by atoms with E-state index in [2.05, 4.69) is 36.7 Å². The third-order valence-corrected chi connectivity index (χ3v) is 6.54. The summed E-state index contributed by atoms with van der Waals surface area (Å²) in [5.74, 6) is -2.05. The first kappa shape index (κ1) is 23.9. The maximum absolute atomic E-state index is 13.4. The molecule has 0 bridgehead atoms. The fourth-order valence-electron chi connectivity index (χ4n) is 4.10. The van der Waals surface area contributed by atoms with Crippen molar-refractivity contribution in [3.8, 4) is 0 Å². The number of aliphatic hydroxyl groups is 1. The van der Waals surface area contributed by atoms with E-state index < -0.39 is 17.7 Å². The molecule has 1 saturated heterocycles. The second-order valence-electron chi connectivity index (χ2n) is 9.43. The van der Waals surface area contributed by atoms with Gasteiger partial charge in [0.2, 0.25) is 0 Å². The monoisotopic (exact) mass is 521 g/mol. The van der Waals surface area contributed by atoms with Crippen molar-refractivity contribution in [2.75, 3.05) is 0 Å². The number of ketones is 1. The fraction of sp³-hybridized carbons (Fsp3) is 0.214. The van der Waals surface area contributed by atoms with Crippen LogP contribution in [0.25, 0.3) is 5.76 Å². The number of aliphatic hydroxyl groups excluding tert-OH is 1. The molecule has 0 spiro atoms. The molecule has 0 aromatic heterocycles. The lowest BCUT2D eigenvalue weighted by molar-refractivity contribution is -0.140. The van der Waals surface area contributed by atoms with Gasteiger partial charge < -0.3 is 10.0 Å². The highest BCUT2D eigenvalue weighted by Crippen LogP contribution is 2.41. The summed E-state index contributed by atoms with van der Waals surface area (Å²) in [6, 6.07) is 19.7. The number of Topliss-reactive ketones (excluding diaryl/α,β-unsaturated/α-hetero) is 1. The van der Waals surface area contributed by atoms with Gasteiger partial charge in [0.05, 0.1) is 11.6 Å². The number of nitrogens with zero attached hydrogens (tertiary/aromatic N) is 1. The Hall–Kier alpha value is -3.25. The highest BCUT2D eigenvalue weighted by Gasteiger charge is 2.46. The minimum atomic E-state index is -0.775. The van der Waals surface area contributed by atoms with Crippen molar-refractivity contribution in [2.24, 2.45) is 0 Å². The number of likely N-dealkylation sites (tertiary alicyclic amines) is 1. The lowest BCUT2D eigenvalue weighted by Crippen LogP contribution is -2.29. The fourth-order valence-corrected chi connectivity index (χ4v) is 4.37. The lowest BCUT2D eigenvalue weighted by atomic mass is 9.85. The molecule has 34 heavy (non-hydrogen) atoms. The van der Waals surface area contributed by atoms with Crippen LogP contribution >= 0.6 is 15.9 Å². The normalized spacial score (nSPS) is 17.9. The predicted octanol–water partition coefficient (Wildman–Crippen LogP) is 6.51. The van der Waals surface area contributed by atoms with Gasteiger partial charge in [0.1, 0.15) is 11.6 Å². The van der Waals surface area contributed by atoms with Gasteiger partial charge in [0, 0.05) is 16.6 Å². The average Bonchev–Trinajstić information content (AvgIpc) is 3.05. The van der Waals surface area contributed by atoms with Crippen molar-refractivity contribution < 1.29 is 19.1 Å². The van der Waals surface area contributed by atoms with Crippen LogP contribution in [-0.4, -0.2) is 21.7 Å². The molecular formula is C28H25BrFNO3. The zero-order valence-corrected chi connectivity index (χ0v) is 20.8. The van der Waals surface area contributed by atoms with Crippen molar-refractivity contribution >= 4 is 33.4 Å². The number of rotatable bonds is 4. The van der Waals surface area contributed by atoms with E-state index in [9.17, 15) is 19.1 Å². The highest BCUT2D eigenvalue weighted by molar-refractivity contribution is 9.10. The zero-order valence-electron chi connectivity index (χ0n) is 19.2. The SMILES string of the molecule is CC(C)(C)c1ccc(C2/C(=C(/O)c3ccc(Br)cc3)C(=O)C(=O)N2Cc2ccc(F)cc2)cc1. The van der Waals surface area contributed by atoms with E-state index in [0.717, 1.165) is 10.0 Å². The molecule has 1 N–H and O–H groups in total. The van der Waals surface area contributed by atoms with Gasteiger partial charge in [-0.1, -0.05) is 85.2 Å². The van der Waals surface area contributed by atoms with E-state index >= 15 is 0 Å². The lowest BCUT2D eigenvalue weighted by Gasteiger charge is -2.26. The highest BCUT2D eigenvalue weighted by atomic mass is 79.9. The smallest absolute Gasteiger partial charge is 0.295 e. The maximum atomic E-state index is 13.4. The standard InChI is InChI=1S/C28H25BrFNO3/c1-28(2,3)20-10-6-18(7-11-20)24-23(25(32)19-8-12-21(29)13-9-19)26(33)27(34)31(24)16-17-4-14-22(30)15-5-17/h4-15,24,32H,16H2,1-3H3/b25-23-. The Morgan fingerprint density at radius 3 is 2.09 bits per heavy atom. The van der Waals surface area contributed by atoms with Gasteiger partial charge in [-0.3, -0.25) is 9.59 Å². The molecule has 4 nitrogen and oxygen atoms in total. The van der Waals surface area contributed by atoms with E-state index in [-0.39, 0.29) is 29.1 Å². The Morgan fingerprint density at radius 1 is 0.941 bits per heavy atom. The number of carbonyl (C=O) groups is 2. The number of hydrogen-bond donors (Lipinski definition) is 1. The van der Waals surface area contributed by atoms with E-state index in [0.29, 0.717) is 16.7 Å². The average molecular weight is 522 g/mol. The van der Waals surface area contributed by atoms with Crippen molar-refractivity contribution in [3.63, 3.8) is 0 Å². The molecule has 1 aliphatic heterocycles. The molecule has 3 aromatic carbocycles. The Balaban J connectivity index is 1.84. The summed E-state index contributed by atoms with van der Waals surface area (Å²) >= 11 is 3.37. The topological polar surface area (TPSA) is 57.6 Å². The van der Waals surface area contributed by atoms with Crippen LogP contribution < -0.4 is 0 Å². The Morgan fingerprint density at radius 2 is 1.53 bits per heavy atom. The van der Waals surface area contributed by atoms with Crippen LogP contribution in [0.15, 0.2) is 82.8 Å². The van der Waals surface area contributed by atoms with Crippen molar-refractivity contribution in [1.82, 2.24) is 4.90 Å². The summed E-state index contributed by atoms with van der Waals surface area (Å²) < 4.78 is 14.2. The summed E-state index contributed by atoms with van der Waals surface area (Å²) in [7, 11) is 0. The minimum absolute atomic E-state index is 0.0398. The third-order valence-electron chi connectivity index (χ3n) is 6.02. The molecule has 1 unspecified atom stereocenters. The first-order valence-electron chi connectivity index (χ1n) is 11.0. The van der Waals surface area contributed by atoms with E-state index in [4.69, 9.17) is 0 Å². The Bertz CT molecular complexity index is 1260. The molecule has 3 aromatic rings. The summed E-state index contributed by atoms with van der Waals surface area (Å²) in [6.07, 6.45) is 0. The number of benzene rings is 3. The van der Waals surface area contributed by atoms with E-state index in [1.165, 1.54) is 17.0 Å². The molecule has 1 fully saturated rings. The zero-order chi connectivity index (χ0) is 24.6. The number of amides is 1. The summed E-state index contributed by atoms with van der Waals surface area (Å²) in [5.41, 5.74) is 2.93. The van der Waals surface area contributed by atoms with E-state index in [1.807, 2.05) is 24.3 Å². The molecule has 174 valence electrons. The quantitative estimate of drug-likeness (QED) is 0.242. The summed E-state index contributed by atoms with van der Waals surface area (Å²) in [5, 5.41) is 11.2. The molecule has 1 atom stereocenters. The molecule has 1 aliphatic rings. The van der Waals surface area contributed by atoms with Gasteiger partial charge in [-0.25, -0.2) is 4.39 Å². The largest absolute Gasteiger partial charge is 0.507 e. The minimum Gasteiger partial charge on any atom is -0.507 e. The van der Waals surface area contributed by atoms with Gasteiger partial charge >= 0.3 is 0 Å². The molecule has 0 radical (unpaired) electrons. The molecule has 1 amide bonds. The van der Waals surface area contributed by atoms with Crippen molar-refractivity contribution in [3.05, 3.63) is 111 Å². The van der Waals surface area contributed by atoms with Gasteiger partial charge in [-0.2, -0.15) is 0 Å². The maximum Gasteiger partial charge on any atom is 0.295 e. The molecule has 4 rings (SSSR count). The van der Waals surface area contributed by atoms with Crippen LogP contribution in [0, 0.1) is 5.82 Å². The number of hydrogen-bond acceptors (Lipinski definition) is 3. The predicted molar refractivity (Wildman–Crippen MR) is 134 cm³/mol. The first-order chi connectivity index (χ1) is 16.1. The second kappa shape index (κ2) is 9.18. The summed E-state index contributed by atoms with van der Waals surface area (Å²) in [4.78, 5) is 27.7. The first-order valence-corrected chi connectivity index (χ1v) is 11.7. The van der Waals surface area contributed by atoms with Crippen molar-refractivity contribution in [1.29, 1.82) is 0 Å². The Labute approximate surface area is 206 Å².